The van der Waals surface area contributed by atoms with E-state index >= 15 is 0 Å². The SMILES string of the molecule is Cc1ccc2[nH]c(C)c(CC(=O)N(CCN(C)C)Cc3cccnc3)c2c1.Cl. The van der Waals surface area contributed by atoms with Crippen LogP contribution in [0.1, 0.15) is 22.4 Å². The molecule has 0 aliphatic rings. The van der Waals surface area contributed by atoms with Crippen LogP contribution in [-0.4, -0.2) is 52.9 Å². The first-order chi connectivity index (χ1) is 12.9. The van der Waals surface area contributed by atoms with Gasteiger partial charge in [0, 0.05) is 48.6 Å². The third-order valence-electron chi connectivity index (χ3n) is 4.87. The maximum atomic E-state index is 13.2. The summed E-state index contributed by atoms with van der Waals surface area (Å²) in [5, 5.41) is 1.15. The Morgan fingerprint density at radius 3 is 2.61 bits per heavy atom. The second-order valence-corrected chi connectivity index (χ2v) is 7.43. The number of halogens is 1. The van der Waals surface area contributed by atoms with Gasteiger partial charge in [0.1, 0.15) is 0 Å². The quantitative estimate of drug-likeness (QED) is 0.657. The molecule has 28 heavy (non-hydrogen) atoms. The molecule has 0 saturated carbocycles. The van der Waals surface area contributed by atoms with E-state index in [1.165, 1.54) is 5.56 Å². The monoisotopic (exact) mass is 400 g/mol. The number of aromatic nitrogens is 2. The summed E-state index contributed by atoms with van der Waals surface area (Å²) in [6.07, 6.45) is 3.99. The molecule has 0 bridgehead atoms. The van der Waals surface area contributed by atoms with Crippen molar-refractivity contribution in [2.75, 3.05) is 27.2 Å². The molecule has 0 fully saturated rings. The van der Waals surface area contributed by atoms with E-state index in [4.69, 9.17) is 0 Å². The van der Waals surface area contributed by atoms with Gasteiger partial charge in [0.05, 0.1) is 6.42 Å². The minimum absolute atomic E-state index is 0. The lowest BCUT2D eigenvalue weighted by molar-refractivity contribution is -0.131. The number of carbonyl (C=O) groups excluding carboxylic acids is 1. The predicted octanol–water partition coefficient (Wildman–Crippen LogP) is 3.73. The largest absolute Gasteiger partial charge is 0.358 e. The molecule has 1 N–H and O–H groups in total. The first-order valence-corrected chi connectivity index (χ1v) is 9.33. The Balaban J connectivity index is 0.00000280. The summed E-state index contributed by atoms with van der Waals surface area (Å²) in [6, 6.07) is 10.3. The van der Waals surface area contributed by atoms with Gasteiger partial charge in [-0.1, -0.05) is 17.7 Å². The van der Waals surface area contributed by atoms with Crippen LogP contribution in [-0.2, 0) is 17.8 Å². The van der Waals surface area contributed by atoms with E-state index in [-0.39, 0.29) is 18.3 Å². The molecule has 1 amide bonds. The molecule has 6 heteroatoms. The first kappa shape index (κ1) is 21.9. The molecule has 150 valence electrons. The van der Waals surface area contributed by atoms with E-state index in [2.05, 4.69) is 40.0 Å². The van der Waals surface area contributed by atoms with Gasteiger partial charge >= 0.3 is 0 Å². The fraction of sp³-hybridized carbons (Fsp3) is 0.364. The van der Waals surface area contributed by atoms with Gasteiger partial charge in [0.2, 0.25) is 5.91 Å². The summed E-state index contributed by atoms with van der Waals surface area (Å²) in [7, 11) is 4.05. The van der Waals surface area contributed by atoms with Crippen LogP contribution in [0.2, 0.25) is 0 Å². The van der Waals surface area contributed by atoms with Gasteiger partial charge < -0.3 is 14.8 Å². The van der Waals surface area contributed by atoms with Crippen molar-refractivity contribution in [3.63, 3.8) is 0 Å². The lowest BCUT2D eigenvalue weighted by Crippen LogP contribution is -2.37. The van der Waals surface area contributed by atoms with Crippen LogP contribution in [0.25, 0.3) is 10.9 Å². The Morgan fingerprint density at radius 1 is 1.14 bits per heavy atom. The van der Waals surface area contributed by atoms with Gasteiger partial charge in [-0.3, -0.25) is 9.78 Å². The fourth-order valence-electron chi connectivity index (χ4n) is 3.31. The van der Waals surface area contributed by atoms with Crippen molar-refractivity contribution >= 4 is 29.2 Å². The number of hydrogen-bond acceptors (Lipinski definition) is 3. The molecule has 0 aliphatic heterocycles. The smallest absolute Gasteiger partial charge is 0.227 e. The van der Waals surface area contributed by atoms with Crippen molar-refractivity contribution in [1.82, 2.24) is 19.8 Å². The summed E-state index contributed by atoms with van der Waals surface area (Å²) in [4.78, 5) is 24.8. The van der Waals surface area contributed by atoms with Crippen molar-refractivity contribution < 1.29 is 4.79 Å². The molecule has 3 aromatic rings. The highest BCUT2D eigenvalue weighted by atomic mass is 35.5. The van der Waals surface area contributed by atoms with Crippen LogP contribution in [0, 0.1) is 13.8 Å². The van der Waals surface area contributed by atoms with Crippen LogP contribution < -0.4 is 0 Å². The summed E-state index contributed by atoms with van der Waals surface area (Å²) in [6.45, 7) is 6.24. The first-order valence-electron chi connectivity index (χ1n) is 9.33. The highest BCUT2D eigenvalue weighted by Gasteiger charge is 2.18. The summed E-state index contributed by atoms with van der Waals surface area (Å²) >= 11 is 0. The number of hydrogen-bond donors (Lipinski definition) is 1. The van der Waals surface area contributed by atoms with Crippen molar-refractivity contribution in [1.29, 1.82) is 0 Å². The van der Waals surface area contributed by atoms with Gasteiger partial charge in [-0.2, -0.15) is 0 Å². The van der Waals surface area contributed by atoms with Crippen LogP contribution >= 0.6 is 12.4 Å². The van der Waals surface area contributed by atoms with Crippen LogP contribution in [0.4, 0.5) is 0 Å². The molecule has 0 atom stereocenters. The number of benzene rings is 1. The number of pyridine rings is 1. The number of aryl methyl sites for hydroxylation is 2. The van der Waals surface area contributed by atoms with Crippen LogP contribution in [0.3, 0.4) is 0 Å². The zero-order chi connectivity index (χ0) is 19.4. The summed E-state index contributed by atoms with van der Waals surface area (Å²) in [5.41, 5.74) is 5.51. The number of fused-ring (bicyclic) bond motifs is 1. The highest BCUT2D eigenvalue weighted by Crippen LogP contribution is 2.24. The molecule has 2 heterocycles. The average molecular weight is 401 g/mol. The van der Waals surface area contributed by atoms with Crippen molar-refractivity contribution in [3.05, 3.63) is 65.1 Å². The second-order valence-electron chi connectivity index (χ2n) is 7.43. The summed E-state index contributed by atoms with van der Waals surface area (Å²) < 4.78 is 0. The number of H-pyrrole nitrogens is 1. The molecule has 0 unspecified atom stereocenters. The van der Waals surface area contributed by atoms with Gasteiger partial charge in [-0.25, -0.2) is 0 Å². The van der Waals surface area contributed by atoms with E-state index in [1.807, 2.05) is 44.2 Å². The number of nitrogens with one attached hydrogen (secondary N) is 1. The highest BCUT2D eigenvalue weighted by molar-refractivity contribution is 5.90. The van der Waals surface area contributed by atoms with Gasteiger partial charge in [-0.15, -0.1) is 12.4 Å². The minimum atomic E-state index is 0. The van der Waals surface area contributed by atoms with E-state index in [9.17, 15) is 4.79 Å². The maximum absolute atomic E-state index is 13.2. The van der Waals surface area contributed by atoms with Gasteiger partial charge in [0.25, 0.3) is 0 Å². The van der Waals surface area contributed by atoms with Crippen LogP contribution in [0.15, 0.2) is 42.7 Å². The molecule has 5 nitrogen and oxygen atoms in total. The van der Waals surface area contributed by atoms with Crippen LogP contribution in [0.5, 0.6) is 0 Å². The van der Waals surface area contributed by atoms with E-state index in [0.29, 0.717) is 19.5 Å². The standard InChI is InChI=1S/C22H28N4O.ClH/c1-16-7-8-21-20(12-16)19(17(2)24-21)13-22(27)26(11-10-25(3)4)15-18-6-5-9-23-14-18;/h5-9,12,14,24H,10-11,13,15H2,1-4H3;1H. The number of carbonyl (C=O) groups is 1. The topological polar surface area (TPSA) is 52.2 Å². The Kier molecular flexibility index (Phi) is 7.61. The molecule has 3 rings (SSSR count). The molecule has 0 saturated heterocycles. The number of rotatable bonds is 7. The van der Waals surface area contributed by atoms with E-state index < -0.39 is 0 Å². The third kappa shape index (κ3) is 5.33. The molecule has 0 spiro atoms. The predicted molar refractivity (Wildman–Crippen MR) is 117 cm³/mol. The molecule has 0 radical (unpaired) electrons. The van der Waals surface area contributed by atoms with Gasteiger partial charge in [0.15, 0.2) is 0 Å². The lowest BCUT2D eigenvalue weighted by Gasteiger charge is -2.24. The normalized spacial score (nSPS) is 10.9. The Bertz CT molecular complexity index is 921. The zero-order valence-corrected chi connectivity index (χ0v) is 17.8. The van der Waals surface area contributed by atoms with E-state index in [0.717, 1.165) is 34.3 Å². The maximum Gasteiger partial charge on any atom is 0.227 e. The average Bonchev–Trinajstić information content (AvgIpc) is 2.94. The Hall–Kier alpha value is -2.37. The molecular weight excluding hydrogens is 372 g/mol. The zero-order valence-electron chi connectivity index (χ0n) is 17.0. The van der Waals surface area contributed by atoms with E-state index in [1.54, 1.807) is 6.20 Å². The molecular formula is C22H29ClN4O. The van der Waals surface area contributed by atoms with Crippen molar-refractivity contribution in [2.45, 2.75) is 26.8 Å². The molecule has 2 aromatic heterocycles. The third-order valence-corrected chi connectivity index (χ3v) is 4.87. The molecule has 0 aliphatic carbocycles. The minimum Gasteiger partial charge on any atom is -0.358 e. The van der Waals surface area contributed by atoms with Crippen molar-refractivity contribution in [2.24, 2.45) is 0 Å². The van der Waals surface area contributed by atoms with Crippen molar-refractivity contribution in [3.8, 4) is 0 Å². The lowest BCUT2D eigenvalue weighted by atomic mass is 10.0. The number of nitrogens with zero attached hydrogens (tertiary/aromatic N) is 3. The summed E-state index contributed by atoms with van der Waals surface area (Å²) in [5.74, 6) is 0.145. The number of amides is 1. The fourth-order valence-corrected chi connectivity index (χ4v) is 3.31. The molecule has 1 aromatic carbocycles. The second kappa shape index (κ2) is 9.71. The Morgan fingerprint density at radius 2 is 1.93 bits per heavy atom. The number of aromatic amines is 1. The van der Waals surface area contributed by atoms with Gasteiger partial charge in [-0.05, 0) is 57.3 Å². The Labute approximate surface area is 173 Å². The number of likely N-dealkylation sites (N-methyl/N-ethyl adjacent to an activating group) is 1.